The number of esters is 3. The van der Waals surface area contributed by atoms with Crippen molar-refractivity contribution in [2.75, 3.05) is 34.4 Å². The molecule has 3 heterocycles. The molecule has 0 aliphatic carbocycles. The zero-order valence-corrected chi connectivity index (χ0v) is 39.4. The normalized spacial score (nSPS) is 27.8. The lowest BCUT2D eigenvalue weighted by molar-refractivity contribution is -0.302. The number of methoxy groups -OCH3 is 1. The highest BCUT2D eigenvalue weighted by Gasteiger charge is 2.53. The Hall–Kier alpha value is -4.58. The van der Waals surface area contributed by atoms with Crippen LogP contribution in [0.2, 0.25) is 0 Å². The quantitative estimate of drug-likeness (QED) is 0.107. The molecule has 0 saturated carbocycles. The number of alkyl carbamates (subject to hydrolysis) is 1. The van der Waals surface area contributed by atoms with Crippen molar-refractivity contribution in [3.63, 3.8) is 0 Å². The number of aliphatic hydroxyl groups is 1. The van der Waals surface area contributed by atoms with Crippen molar-refractivity contribution in [2.45, 2.75) is 147 Å². The van der Waals surface area contributed by atoms with Crippen molar-refractivity contribution in [2.24, 2.45) is 11.8 Å². The first-order valence-electron chi connectivity index (χ1n) is 22.2. The number of carbonyl (C=O) groups excluding carboxylic acids is 4. The molecule has 0 spiro atoms. The van der Waals surface area contributed by atoms with Gasteiger partial charge in [-0.1, -0.05) is 57.2 Å². The molecule has 12 atom stereocenters. The van der Waals surface area contributed by atoms with E-state index in [0.29, 0.717) is 42.7 Å². The van der Waals surface area contributed by atoms with Crippen molar-refractivity contribution >= 4 is 24.0 Å². The molecule has 0 bridgehead atoms. The highest BCUT2D eigenvalue weighted by molar-refractivity contribution is 5.90. The minimum Gasteiger partial charge on any atom is -0.459 e. The third kappa shape index (κ3) is 11.8. The SMILES string of the molecule is CC[C@@H](O)[C@@]1(C)OC(=O)N[C@@H]1[C@@H](C)NC[C@H](C)C[C@@](C)(OC)[C@H](O[C@@H]1O[C@H](COC(=O)c2ccccc2)CC(N(C)C)C1OC(=O)c1ccccc1)[C@@H](C)C1=C(C)C(=O)OC(C)(C)O1. The van der Waals surface area contributed by atoms with Gasteiger partial charge in [-0.25, -0.2) is 19.2 Å². The van der Waals surface area contributed by atoms with Crippen LogP contribution in [0.3, 0.4) is 0 Å². The smallest absolute Gasteiger partial charge is 0.408 e. The predicted octanol–water partition coefficient (Wildman–Crippen LogP) is 5.77. The number of ether oxygens (including phenoxy) is 8. The van der Waals surface area contributed by atoms with Gasteiger partial charge in [0.2, 0.25) is 5.79 Å². The Labute approximate surface area is 377 Å². The summed E-state index contributed by atoms with van der Waals surface area (Å²) in [6.07, 6.45) is -4.24. The predicted molar refractivity (Wildman–Crippen MR) is 236 cm³/mol. The summed E-state index contributed by atoms with van der Waals surface area (Å²) in [5, 5.41) is 17.3. The number of hydrogen-bond acceptors (Lipinski definition) is 15. The van der Waals surface area contributed by atoms with Gasteiger partial charge in [-0.05, 0) is 97.8 Å². The number of carbonyl (C=O) groups is 4. The molecule has 2 fully saturated rings. The Morgan fingerprint density at radius 1 is 0.969 bits per heavy atom. The molecule has 2 unspecified atom stereocenters. The van der Waals surface area contributed by atoms with Crippen LogP contribution >= 0.6 is 0 Å². The largest absolute Gasteiger partial charge is 0.459 e. The molecule has 3 aliphatic rings. The molecule has 16 nitrogen and oxygen atoms in total. The monoisotopic (exact) mass is 895 g/mol. The van der Waals surface area contributed by atoms with Crippen molar-refractivity contribution in [1.82, 2.24) is 15.5 Å². The van der Waals surface area contributed by atoms with Gasteiger partial charge in [0.15, 0.2) is 18.0 Å². The van der Waals surface area contributed by atoms with E-state index in [0.717, 1.165) is 0 Å². The third-order valence-corrected chi connectivity index (χ3v) is 12.7. The molecule has 0 radical (unpaired) electrons. The molecular weight excluding hydrogens is 827 g/mol. The first-order chi connectivity index (χ1) is 30.1. The summed E-state index contributed by atoms with van der Waals surface area (Å²) in [6, 6.07) is 16.0. The zero-order chi connectivity index (χ0) is 47.1. The Morgan fingerprint density at radius 2 is 1.58 bits per heavy atom. The minimum absolute atomic E-state index is 0.103. The van der Waals surface area contributed by atoms with Crippen molar-refractivity contribution in [3.8, 4) is 0 Å². The topological polar surface area (TPSA) is 190 Å². The van der Waals surface area contributed by atoms with Crippen LogP contribution in [0, 0.1) is 11.8 Å². The van der Waals surface area contributed by atoms with Gasteiger partial charge in [0.25, 0.3) is 0 Å². The maximum Gasteiger partial charge on any atom is 0.408 e. The van der Waals surface area contributed by atoms with Crippen LogP contribution in [0.1, 0.15) is 102 Å². The lowest BCUT2D eigenvalue weighted by atomic mass is 9.80. The molecule has 0 aromatic heterocycles. The molecule has 16 heteroatoms. The molecule has 3 N–H and O–H groups in total. The van der Waals surface area contributed by atoms with E-state index >= 15 is 0 Å². The third-order valence-electron chi connectivity index (χ3n) is 12.7. The first-order valence-corrected chi connectivity index (χ1v) is 22.2. The lowest BCUT2D eigenvalue weighted by Gasteiger charge is -2.48. The average Bonchev–Trinajstić information content (AvgIpc) is 3.59. The number of benzene rings is 2. The highest BCUT2D eigenvalue weighted by Crippen LogP contribution is 2.41. The molecule has 64 heavy (non-hydrogen) atoms. The molecule has 2 aromatic carbocycles. The van der Waals surface area contributed by atoms with Crippen molar-refractivity contribution in [3.05, 3.63) is 83.1 Å². The fraction of sp³-hybridized carbons (Fsp3) is 0.625. The van der Waals surface area contributed by atoms with Crippen LogP contribution in [-0.2, 0) is 42.7 Å². The number of rotatable bonds is 20. The summed E-state index contributed by atoms with van der Waals surface area (Å²) in [5.41, 5.74) is -1.29. The molecule has 5 rings (SSSR count). The Kier molecular flexibility index (Phi) is 16.7. The second-order valence-electron chi connectivity index (χ2n) is 18.5. The summed E-state index contributed by atoms with van der Waals surface area (Å²) in [5.74, 6) is -3.37. The van der Waals surface area contributed by atoms with Gasteiger partial charge in [-0.15, -0.1) is 0 Å². The number of cyclic esters (lactones) is 2. The van der Waals surface area contributed by atoms with Crippen LogP contribution in [0.5, 0.6) is 0 Å². The molecule has 2 saturated heterocycles. The molecule has 354 valence electrons. The van der Waals surface area contributed by atoms with Gasteiger partial charge in [0, 0.05) is 32.9 Å². The molecule has 3 aliphatic heterocycles. The van der Waals surface area contributed by atoms with Crippen LogP contribution in [0.4, 0.5) is 4.79 Å². The number of hydrogen-bond donors (Lipinski definition) is 3. The number of nitrogens with one attached hydrogen (secondary N) is 2. The van der Waals surface area contributed by atoms with E-state index in [2.05, 4.69) is 10.6 Å². The standard InChI is InChI=1S/C48H69N3O13/c1-13-36(52)48(9)39(50-45(56)64-48)31(5)49-26-28(2)25-47(8,57-12)40(29(3)37-30(4)41(53)63-46(6,7)62-37)61-44-38(60-43(55)33-22-18-15-19-23-33)35(51(10)11)24-34(59-44)27-58-42(54)32-20-16-14-17-21-32/h14-23,28-29,31,34-36,38-40,44,49,52H,13,24-27H2,1-12H3,(H,50,56)/t28-,29+,31-,34+,35?,36-,38?,39-,40-,44+,47-,48-/m1/s1. The van der Waals surface area contributed by atoms with Crippen LogP contribution in [0.25, 0.3) is 0 Å². The molecular formula is C48H69N3O13. The molecule has 2 aromatic rings. The number of amides is 1. The van der Waals surface area contributed by atoms with Crippen LogP contribution in [0.15, 0.2) is 72.0 Å². The fourth-order valence-corrected chi connectivity index (χ4v) is 9.07. The van der Waals surface area contributed by atoms with E-state index in [1.165, 1.54) is 0 Å². The van der Waals surface area contributed by atoms with Gasteiger partial charge in [0.1, 0.15) is 12.4 Å². The second-order valence-corrected chi connectivity index (χ2v) is 18.5. The maximum atomic E-state index is 13.9. The van der Waals surface area contributed by atoms with E-state index in [9.17, 15) is 24.3 Å². The van der Waals surface area contributed by atoms with Crippen LogP contribution < -0.4 is 10.6 Å². The van der Waals surface area contributed by atoms with Crippen LogP contribution in [-0.4, -0.2) is 134 Å². The van der Waals surface area contributed by atoms with Gasteiger partial charge in [-0.2, -0.15) is 0 Å². The number of nitrogens with zero attached hydrogens (tertiary/aromatic N) is 1. The van der Waals surface area contributed by atoms with E-state index in [-0.39, 0.29) is 24.1 Å². The second kappa shape index (κ2) is 21.2. The van der Waals surface area contributed by atoms with E-state index in [1.54, 1.807) is 89.4 Å². The summed E-state index contributed by atoms with van der Waals surface area (Å²) >= 11 is 0. The lowest BCUT2D eigenvalue weighted by Crippen LogP contribution is -2.61. The summed E-state index contributed by atoms with van der Waals surface area (Å²) in [4.78, 5) is 54.6. The van der Waals surface area contributed by atoms with E-state index in [4.69, 9.17) is 37.9 Å². The van der Waals surface area contributed by atoms with Gasteiger partial charge in [0.05, 0.1) is 52.7 Å². The fourth-order valence-electron chi connectivity index (χ4n) is 9.07. The zero-order valence-electron chi connectivity index (χ0n) is 39.4. The van der Waals surface area contributed by atoms with E-state index in [1.807, 2.05) is 59.7 Å². The molecule has 1 amide bonds. The average molecular weight is 896 g/mol. The number of aliphatic hydroxyl groups excluding tert-OH is 1. The minimum atomic E-state index is -1.29. The van der Waals surface area contributed by atoms with Crippen molar-refractivity contribution < 1.29 is 62.2 Å². The summed E-state index contributed by atoms with van der Waals surface area (Å²) in [6.45, 7) is 16.6. The van der Waals surface area contributed by atoms with Gasteiger partial charge >= 0.3 is 24.0 Å². The highest BCUT2D eigenvalue weighted by atomic mass is 16.7. The Morgan fingerprint density at radius 3 is 2.16 bits per heavy atom. The summed E-state index contributed by atoms with van der Waals surface area (Å²) in [7, 11) is 5.31. The summed E-state index contributed by atoms with van der Waals surface area (Å²) < 4.78 is 50.0. The Balaban J connectivity index is 1.50. The first kappa shape index (κ1) is 50.4. The Bertz CT molecular complexity index is 1950. The maximum absolute atomic E-state index is 13.9. The van der Waals surface area contributed by atoms with Gasteiger partial charge < -0.3 is 58.5 Å². The van der Waals surface area contributed by atoms with E-state index < -0.39 is 89.7 Å². The number of likely N-dealkylation sites (N-methyl/N-ethyl adjacent to an activating group) is 1. The van der Waals surface area contributed by atoms with Gasteiger partial charge in [-0.3, -0.25) is 0 Å². The van der Waals surface area contributed by atoms with Crippen molar-refractivity contribution in [1.29, 1.82) is 0 Å².